The Morgan fingerprint density at radius 2 is 2.09 bits per heavy atom. The zero-order chi connectivity index (χ0) is 16.2. The van der Waals surface area contributed by atoms with Crippen LogP contribution in [0, 0.1) is 6.07 Å². The number of anilines is 1. The van der Waals surface area contributed by atoms with Gasteiger partial charge in [0, 0.05) is 19.5 Å². The van der Waals surface area contributed by atoms with E-state index in [9.17, 15) is 9.59 Å². The van der Waals surface area contributed by atoms with Gasteiger partial charge in [-0.2, -0.15) is 0 Å². The molecule has 2 aliphatic rings. The van der Waals surface area contributed by atoms with Crippen LogP contribution in [0.15, 0.2) is 18.2 Å². The fourth-order valence-corrected chi connectivity index (χ4v) is 2.91. The van der Waals surface area contributed by atoms with Crippen LogP contribution in [-0.4, -0.2) is 62.2 Å². The van der Waals surface area contributed by atoms with Crippen molar-refractivity contribution in [2.24, 2.45) is 5.73 Å². The Kier molecular flexibility index (Phi) is 4.66. The number of amides is 2. The van der Waals surface area contributed by atoms with Crippen LogP contribution in [0.25, 0.3) is 0 Å². The van der Waals surface area contributed by atoms with Crippen LogP contribution in [0.2, 0.25) is 0 Å². The van der Waals surface area contributed by atoms with E-state index in [2.05, 4.69) is 6.07 Å². The maximum absolute atomic E-state index is 12.6. The second kappa shape index (κ2) is 6.87. The second-order valence-corrected chi connectivity index (χ2v) is 5.57. The Bertz CT molecular complexity index is 586. The number of carbonyl (C=O) groups is 2. The summed E-state index contributed by atoms with van der Waals surface area (Å²) in [5.41, 5.74) is 6.22. The zero-order valence-electron chi connectivity index (χ0n) is 12.9. The third-order valence-electron chi connectivity index (χ3n) is 4.14. The number of nitrogens with zero attached hydrogens (tertiary/aromatic N) is 2. The fraction of sp³-hybridized carbons (Fsp3) is 0.500. The molecular formula is C16H20N3O4. The van der Waals surface area contributed by atoms with Gasteiger partial charge >= 0.3 is 0 Å². The minimum atomic E-state index is -0.572. The number of fused-ring (bicyclic) bond motifs is 1. The summed E-state index contributed by atoms with van der Waals surface area (Å²) in [6, 6.07) is 7.65. The van der Waals surface area contributed by atoms with Gasteiger partial charge in [-0.25, -0.2) is 0 Å². The first-order chi connectivity index (χ1) is 11.2. The number of nitrogens with two attached hydrogens (primary N) is 1. The smallest absolute Gasteiger partial charge is 0.242 e. The summed E-state index contributed by atoms with van der Waals surface area (Å²) in [6.07, 6.45) is 0.445. The van der Waals surface area contributed by atoms with E-state index < -0.39 is 11.9 Å². The number of carbonyl (C=O) groups excluding carboxylic acids is 2. The number of hydrogen-bond acceptors (Lipinski definition) is 5. The molecule has 0 saturated carbocycles. The number of hydrogen-bond donors (Lipinski definition) is 1. The molecule has 1 aromatic carbocycles. The number of ether oxygens (including phenoxy) is 2. The molecule has 7 nitrogen and oxygen atoms in total. The van der Waals surface area contributed by atoms with Crippen molar-refractivity contribution >= 4 is 17.5 Å². The van der Waals surface area contributed by atoms with Gasteiger partial charge < -0.3 is 25.0 Å². The van der Waals surface area contributed by atoms with Crippen LogP contribution in [0.3, 0.4) is 0 Å². The van der Waals surface area contributed by atoms with Crippen molar-refractivity contribution in [2.45, 2.75) is 12.5 Å². The molecule has 2 aliphatic heterocycles. The maximum Gasteiger partial charge on any atom is 0.242 e. The lowest BCUT2D eigenvalue weighted by molar-refractivity contribution is -0.133. The van der Waals surface area contributed by atoms with Gasteiger partial charge in [0.2, 0.25) is 11.8 Å². The average molecular weight is 318 g/mol. The van der Waals surface area contributed by atoms with E-state index in [1.165, 1.54) is 0 Å². The molecule has 0 spiro atoms. The van der Waals surface area contributed by atoms with E-state index in [0.29, 0.717) is 50.8 Å². The molecule has 1 saturated heterocycles. The lowest BCUT2D eigenvalue weighted by Crippen LogP contribution is -2.51. The van der Waals surface area contributed by atoms with Gasteiger partial charge in [-0.3, -0.25) is 9.59 Å². The first kappa shape index (κ1) is 15.6. The summed E-state index contributed by atoms with van der Waals surface area (Å²) in [6.45, 7) is 2.68. The molecule has 0 aliphatic carbocycles. The highest BCUT2D eigenvalue weighted by Crippen LogP contribution is 2.32. The van der Waals surface area contributed by atoms with Crippen molar-refractivity contribution in [3.8, 4) is 5.75 Å². The Morgan fingerprint density at radius 3 is 2.83 bits per heavy atom. The molecule has 0 aromatic heterocycles. The summed E-state index contributed by atoms with van der Waals surface area (Å²) in [7, 11) is 0. The molecule has 3 rings (SSSR count). The van der Waals surface area contributed by atoms with Crippen molar-refractivity contribution in [3.05, 3.63) is 24.3 Å². The second-order valence-electron chi connectivity index (χ2n) is 5.57. The Hall–Kier alpha value is -2.28. The number of benzene rings is 1. The lowest BCUT2D eigenvalue weighted by Gasteiger charge is -2.33. The molecule has 1 radical (unpaired) electrons. The summed E-state index contributed by atoms with van der Waals surface area (Å²) >= 11 is 0. The Labute approximate surface area is 134 Å². The molecule has 2 N–H and O–H groups in total. The highest BCUT2D eigenvalue weighted by Gasteiger charge is 2.32. The van der Waals surface area contributed by atoms with Gasteiger partial charge in [-0.1, -0.05) is 6.07 Å². The molecule has 2 amide bonds. The Balaban J connectivity index is 1.85. The minimum Gasteiger partial charge on any atom is -0.491 e. The van der Waals surface area contributed by atoms with Gasteiger partial charge in [-0.05, 0) is 18.2 Å². The van der Waals surface area contributed by atoms with Gasteiger partial charge in [0.25, 0.3) is 0 Å². The van der Waals surface area contributed by atoms with Crippen molar-refractivity contribution in [1.82, 2.24) is 4.90 Å². The predicted molar refractivity (Wildman–Crippen MR) is 83.1 cm³/mol. The average Bonchev–Trinajstić information content (AvgIpc) is 2.75. The van der Waals surface area contributed by atoms with Crippen LogP contribution >= 0.6 is 0 Å². The van der Waals surface area contributed by atoms with Crippen LogP contribution in [0.5, 0.6) is 5.75 Å². The molecule has 0 bridgehead atoms. The fourth-order valence-electron chi connectivity index (χ4n) is 2.91. The molecule has 1 atom stereocenters. The molecule has 7 heteroatoms. The highest BCUT2D eigenvalue weighted by molar-refractivity contribution is 5.89. The van der Waals surface area contributed by atoms with E-state index in [-0.39, 0.29) is 12.5 Å². The van der Waals surface area contributed by atoms with E-state index in [1.807, 2.05) is 0 Å². The number of primary amides is 1. The first-order valence-corrected chi connectivity index (χ1v) is 7.71. The van der Waals surface area contributed by atoms with Crippen molar-refractivity contribution < 1.29 is 19.1 Å². The van der Waals surface area contributed by atoms with Crippen molar-refractivity contribution in [3.63, 3.8) is 0 Å². The monoisotopic (exact) mass is 318 g/mol. The molecule has 1 aromatic rings. The normalized spacial score (nSPS) is 21.1. The molecule has 1 fully saturated rings. The van der Waals surface area contributed by atoms with Gasteiger partial charge in [0.1, 0.15) is 11.8 Å². The molecular weight excluding hydrogens is 298 g/mol. The van der Waals surface area contributed by atoms with Gasteiger partial charge in [0.05, 0.1) is 32.1 Å². The molecule has 2 heterocycles. The topological polar surface area (TPSA) is 85.1 Å². The van der Waals surface area contributed by atoms with Crippen molar-refractivity contribution in [1.29, 1.82) is 0 Å². The SMILES string of the molecule is NC(=O)C1CCOc2cc[c]cc2N1CC(=O)N1CCOCC1. The number of rotatable bonds is 3. The maximum atomic E-state index is 12.6. The van der Waals surface area contributed by atoms with Crippen LogP contribution in [-0.2, 0) is 14.3 Å². The molecule has 1 unspecified atom stereocenters. The minimum absolute atomic E-state index is 0.0451. The zero-order valence-corrected chi connectivity index (χ0v) is 12.9. The summed E-state index contributed by atoms with van der Waals surface area (Å²) in [5.74, 6) is 0.138. The number of morpholine rings is 1. The predicted octanol–water partition coefficient (Wildman–Crippen LogP) is -0.212. The quantitative estimate of drug-likeness (QED) is 0.833. The third-order valence-corrected chi connectivity index (χ3v) is 4.14. The summed E-state index contributed by atoms with van der Waals surface area (Å²) < 4.78 is 10.9. The molecule has 23 heavy (non-hydrogen) atoms. The van der Waals surface area contributed by atoms with E-state index in [4.69, 9.17) is 15.2 Å². The van der Waals surface area contributed by atoms with Crippen LogP contribution in [0.4, 0.5) is 5.69 Å². The summed E-state index contributed by atoms with van der Waals surface area (Å²) in [5, 5.41) is 0. The first-order valence-electron chi connectivity index (χ1n) is 7.71. The summed E-state index contributed by atoms with van der Waals surface area (Å²) in [4.78, 5) is 27.9. The van der Waals surface area contributed by atoms with E-state index in [1.54, 1.807) is 28.0 Å². The Morgan fingerprint density at radius 1 is 1.30 bits per heavy atom. The van der Waals surface area contributed by atoms with Crippen LogP contribution in [0.1, 0.15) is 6.42 Å². The standard InChI is InChI=1S/C16H20N3O4/c17-16(21)13-5-8-23-14-4-2-1-3-12(14)19(13)11-15(20)18-6-9-22-10-7-18/h2-4,13H,5-11H2,(H2,17,21). The third kappa shape index (κ3) is 3.39. The molecule has 123 valence electrons. The van der Waals surface area contributed by atoms with Crippen molar-refractivity contribution in [2.75, 3.05) is 44.4 Å². The largest absolute Gasteiger partial charge is 0.491 e. The van der Waals surface area contributed by atoms with E-state index >= 15 is 0 Å². The van der Waals surface area contributed by atoms with Gasteiger partial charge in [-0.15, -0.1) is 0 Å². The van der Waals surface area contributed by atoms with Gasteiger partial charge in [0.15, 0.2) is 0 Å². The highest BCUT2D eigenvalue weighted by atomic mass is 16.5. The van der Waals surface area contributed by atoms with Crippen LogP contribution < -0.4 is 15.4 Å². The van der Waals surface area contributed by atoms with E-state index in [0.717, 1.165) is 0 Å². The lowest BCUT2D eigenvalue weighted by atomic mass is 10.1.